The quantitative estimate of drug-likeness (QED) is 0.316. The molecule has 0 atom stereocenters. The largest absolute Gasteiger partial charge is 0.370 e. The summed E-state index contributed by atoms with van der Waals surface area (Å²) in [5, 5.41) is 9.03. The zero-order valence-electron chi connectivity index (χ0n) is 21.1. The highest BCUT2D eigenvalue weighted by molar-refractivity contribution is 6.14. The van der Waals surface area contributed by atoms with Gasteiger partial charge in [-0.2, -0.15) is 5.10 Å². The molecule has 1 saturated carbocycles. The fraction of sp³-hybridized carbons (Fsp3) is 0.241. The van der Waals surface area contributed by atoms with Gasteiger partial charge in [-0.1, -0.05) is 55.7 Å². The number of hydrogen-bond donors (Lipinski definition) is 3. The molecule has 5 rings (SSSR count). The Kier molecular flexibility index (Phi) is 7.35. The van der Waals surface area contributed by atoms with Gasteiger partial charge in [-0.25, -0.2) is 14.8 Å². The lowest BCUT2D eigenvalue weighted by Crippen LogP contribution is -2.41. The fourth-order valence-corrected chi connectivity index (χ4v) is 5.04. The summed E-state index contributed by atoms with van der Waals surface area (Å²) in [5.41, 5.74) is 15.4. The smallest absolute Gasteiger partial charge is 0.350 e. The van der Waals surface area contributed by atoms with Crippen LogP contribution in [0.25, 0.3) is 0 Å². The number of amides is 3. The molecule has 1 aliphatic carbocycles. The van der Waals surface area contributed by atoms with E-state index in [-0.39, 0.29) is 24.3 Å². The molecule has 3 aromatic rings. The molecule has 2 aliphatic rings. The average molecular weight is 510 g/mol. The lowest BCUT2D eigenvalue weighted by Gasteiger charge is -2.26. The summed E-state index contributed by atoms with van der Waals surface area (Å²) in [5.74, 6) is -0.165. The molecule has 38 heavy (non-hydrogen) atoms. The van der Waals surface area contributed by atoms with Crippen LogP contribution in [0.4, 0.5) is 27.5 Å². The second kappa shape index (κ2) is 11.2. The molecular formula is C29H31N7O2. The number of nitrogens with two attached hydrogens (primary N) is 2. The molecule has 1 heterocycles. The molecule has 0 saturated heterocycles. The first kappa shape index (κ1) is 25.0. The maximum atomic E-state index is 14.1. The van der Waals surface area contributed by atoms with Crippen molar-refractivity contribution in [1.82, 2.24) is 5.01 Å². The molecule has 1 fully saturated rings. The SMILES string of the molecule is NC(N)=Nc1ccc(N2C(=O)N(CC(=O)Nc3ccccc3)N=C(C3CCCCC3)c3ccccc32)cc1. The number of benzene rings is 3. The van der Waals surface area contributed by atoms with Crippen molar-refractivity contribution in [2.24, 2.45) is 27.5 Å². The summed E-state index contributed by atoms with van der Waals surface area (Å²) < 4.78 is 0. The maximum Gasteiger partial charge on any atom is 0.350 e. The molecular weight excluding hydrogens is 478 g/mol. The van der Waals surface area contributed by atoms with Crippen molar-refractivity contribution in [3.05, 3.63) is 84.4 Å². The molecule has 0 bridgehead atoms. The van der Waals surface area contributed by atoms with E-state index in [4.69, 9.17) is 16.6 Å². The summed E-state index contributed by atoms with van der Waals surface area (Å²) in [6, 6.07) is 23.6. The van der Waals surface area contributed by atoms with E-state index in [0.717, 1.165) is 42.6 Å². The first-order chi connectivity index (χ1) is 18.5. The maximum absolute atomic E-state index is 14.1. The number of guanidine groups is 1. The van der Waals surface area contributed by atoms with Gasteiger partial charge >= 0.3 is 6.03 Å². The first-order valence-corrected chi connectivity index (χ1v) is 12.8. The Morgan fingerprint density at radius 1 is 0.921 bits per heavy atom. The van der Waals surface area contributed by atoms with Gasteiger partial charge in [0.25, 0.3) is 0 Å². The molecule has 1 aliphatic heterocycles. The average Bonchev–Trinajstić information content (AvgIpc) is 3.04. The number of nitrogens with one attached hydrogen (secondary N) is 1. The highest BCUT2D eigenvalue weighted by Crippen LogP contribution is 2.37. The summed E-state index contributed by atoms with van der Waals surface area (Å²) in [4.78, 5) is 32.8. The van der Waals surface area contributed by atoms with Crippen molar-refractivity contribution in [2.45, 2.75) is 32.1 Å². The lowest BCUT2D eigenvalue weighted by molar-refractivity contribution is -0.116. The number of aliphatic imine (C=N–C) groups is 1. The van der Waals surface area contributed by atoms with E-state index in [2.05, 4.69) is 10.3 Å². The van der Waals surface area contributed by atoms with Crippen molar-refractivity contribution >= 4 is 46.4 Å². The number of nitrogens with zero attached hydrogens (tertiary/aromatic N) is 4. The van der Waals surface area contributed by atoms with Crippen LogP contribution in [0.2, 0.25) is 0 Å². The van der Waals surface area contributed by atoms with Gasteiger partial charge in [-0.05, 0) is 55.3 Å². The number of urea groups is 1. The van der Waals surface area contributed by atoms with Crippen molar-refractivity contribution in [1.29, 1.82) is 0 Å². The molecule has 0 radical (unpaired) electrons. The minimum atomic E-state index is -0.416. The second-order valence-corrected chi connectivity index (χ2v) is 9.48. The number of hydrogen-bond acceptors (Lipinski definition) is 4. The summed E-state index contributed by atoms with van der Waals surface area (Å²) >= 11 is 0. The van der Waals surface area contributed by atoms with Crippen LogP contribution in [-0.4, -0.2) is 35.2 Å². The lowest BCUT2D eigenvalue weighted by atomic mass is 9.83. The number of fused-ring (bicyclic) bond motifs is 1. The van der Waals surface area contributed by atoms with E-state index in [1.165, 1.54) is 11.4 Å². The van der Waals surface area contributed by atoms with Crippen molar-refractivity contribution < 1.29 is 9.59 Å². The van der Waals surface area contributed by atoms with E-state index < -0.39 is 6.03 Å². The summed E-state index contributed by atoms with van der Waals surface area (Å²) in [6.07, 6.45) is 5.42. The van der Waals surface area contributed by atoms with Crippen LogP contribution >= 0.6 is 0 Å². The fourth-order valence-electron chi connectivity index (χ4n) is 5.04. The third-order valence-corrected chi connectivity index (χ3v) is 6.77. The number of anilines is 3. The molecule has 0 aromatic heterocycles. The van der Waals surface area contributed by atoms with E-state index in [0.29, 0.717) is 17.1 Å². The van der Waals surface area contributed by atoms with Gasteiger partial charge in [0.05, 0.1) is 22.8 Å². The monoisotopic (exact) mass is 509 g/mol. The Balaban J connectivity index is 1.55. The van der Waals surface area contributed by atoms with E-state index in [1.807, 2.05) is 42.5 Å². The van der Waals surface area contributed by atoms with Crippen molar-refractivity contribution in [3.8, 4) is 0 Å². The molecule has 9 nitrogen and oxygen atoms in total. The topological polar surface area (TPSA) is 129 Å². The minimum absolute atomic E-state index is 0.0462. The highest BCUT2D eigenvalue weighted by Gasteiger charge is 2.34. The summed E-state index contributed by atoms with van der Waals surface area (Å²) in [7, 11) is 0. The Morgan fingerprint density at radius 3 is 2.32 bits per heavy atom. The molecule has 3 aromatic carbocycles. The van der Waals surface area contributed by atoms with Crippen LogP contribution in [0.15, 0.2) is 89.0 Å². The third kappa shape index (κ3) is 5.51. The normalized spacial score (nSPS) is 15.8. The second-order valence-electron chi connectivity index (χ2n) is 9.48. The van der Waals surface area contributed by atoms with Crippen molar-refractivity contribution in [2.75, 3.05) is 16.8 Å². The van der Waals surface area contributed by atoms with E-state index in [1.54, 1.807) is 41.3 Å². The van der Waals surface area contributed by atoms with Crippen LogP contribution in [0.5, 0.6) is 0 Å². The molecule has 0 unspecified atom stereocenters. The molecule has 194 valence electrons. The van der Waals surface area contributed by atoms with Crippen LogP contribution < -0.4 is 21.7 Å². The number of rotatable bonds is 6. The zero-order valence-corrected chi connectivity index (χ0v) is 21.1. The van der Waals surface area contributed by atoms with Gasteiger partial charge in [0.2, 0.25) is 5.91 Å². The predicted molar refractivity (Wildman–Crippen MR) is 151 cm³/mol. The number of hydrazone groups is 1. The molecule has 3 amide bonds. The van der Waals surface area contributed by atoms with Gasteiger partial charge in [-0.3, -0.25) is 9.69 Å². The minimum Gasteiger partial charge on any atom is -0.370 e. The Morgan fingerprint density at radius 2 is 1.61 bits per heavy atom. The first-order valence-electron chi connectivity index (χ1n) is 12.8. The highest BCUT2D eigenvalue weighted by atomic mass is 16.2. The Labute approximate surface area is 221 Å². The van der Waals surface area contributed by atoms with Gasteiger partial charge < -0.3 is 16.8 Å². The number of carbonyl (C=O) groups is 2. The Bertz CT molecular complexity index is 1360. The van der Waals surface area contributed by atoms with Crippen LogP contribution in [0.1, 0.15) is 37.7 Å². The number of carbonyl (C=O) groups excluding carboxylic acids is 2. The van der Waals surface area contributed by atoms with Gasteiger partial charge in [-0.15, -0.1) is 0 Å². The van der Waals surface area contributed by atoms with E-state index in [9.17, 15) is 9.59 Å². The van der Waals surface area contributed by atoms with Crippen LogP contribution in [-0.2, 0) is 4.79 Å². The van der Waals surface area contributed by atoms with Gasteiger partial charge in [0.15, 0.2) is 5.96 Å². The zero-order chi connectivity index (χ0) is 26.5. The molecule has 5 N–H and O–H groups in total. The van der Waals surface area contributed by atoms with E-state index >= 15 is 0 Å². The van der Waals surface area contributed by atoms with Crippen LogP contribution in [0, 0.1) is 5.92 Å². The van der Waals surface area contributed by atoms with Crippen molar-refractivity contribution in [3.63, 3.8) is 0 Å². The van der Waals surface area contributed by atoms with Gasteiger partial charge in [0.1, 0.15) is 6.54 Å². The van der Waals surface area contributed by atoms with Crippen LogP contribution in [0.3, 0.4) is 0 Å². The third-order valence-electron chi connectivity index (χ3n) is 6.77. The molecule has 9 heteroatoms. The standard InChI is InChI=1S/C29H31N7O2/c30-28(31)33-22-15-17-23(18-16-22)36-25-14-8-7-13-24(25)27(20-9-3-1-4-10-20)34-35(29(36)38)19-26(37)32-21-11-5-2-6-12-21/h2,5-8,11-18,20H,1,3-4,9-10,19H2,(H,32,37)(H4,30,31,33). The van der Waals surface area contributed by atoms with Gasteiger partial charge in [0, 0.05) is 17.2 Å². The predicted octanol–water partition coefficient (Wildman–Crippen LogP) is 5.09. The molecule has 0 spiro atoms. The Hall–Kier alpha value is -4.66. The summed E-state index contributed by atoms with van der Waals surface area (Å²) in [6.45, 7) is -0.222. The number of para-hydroxylation sites is 2.